The first-order valence-electron chi connectivity index (χ1n) is 5.64. The van der Waals surface area contributed by atoms with E-state index < -0.39 is 29.8 Å². The van der Waals surface area contributed by atoms with Crippen LogP contribution in [0, 0.1) is 0 Å². The quantitative estimate of drug-likeness (QED) is 0.678. The van der Waals surface area contributed by atoms with Crippen molar-refractivity contribution in [2.24, 2.45) is 0 Å². The standard InChI is InChI=1S/C11H16F3NO3/c1-10(2,3)18-9(17)15-7(11(12,13)14)5-4-6-8(15)16/h7H,4-6H2,1-3H3/t7-/m1/s1. The molecule has 1 rings (SSSR count). The molecule has 0 aromatic heterocycles. The molecule has 7 heteroatoms. The molecule has 1 heterocycles. The van der Waals surface area contributed by atoms with Gasteiger partial charge in [-0.15, -0.1) is 0 Å². The number of hydrogen-bond donors (Lipinski definition) is 0. The summed E-state index contributed by atoms with van der Waals surface area (Å²) in [5.74, 6) is -0.835. The van der Waals surface area contributed by atoms with Crippen LogP contribution in [0.5, 0.6) is 0 Å². The molecule has 1 saturated heterocycles. The van der Waals surface area contributed by atoms with E-state index in [-0.39, 0.29) is 24.2 Å². The monoisotopic (exact) mass is 267 g/mol. The fraction of sp³-hybridized carbons (Fsp3) is 0.818. The van der Waals surface area contributed by atoms with Gasteiger partial charge in [0.1, 0.15) is 11.6 Å². The Balaban J connectivity index is 2.92. The number of carbonyl (C=O) groups is 2. The van der Waals surface area contributed by atoms with Crippen LogP contribution in [-0.2, 0) is 9.53 Å². The molecular weight excluding hydrogens is 251 g/mol. The number of hydrogen-bond acceptors (Lipinski definition) is 3. The molecule has 0 radical (unpaired) electrons. The summed E-state index contributed by atoms with van der Waals surface area (Å²) in [6.45, 7) is 4.59. The lowest BCUT2D eigenvalue weighted by molar-refractivity contribution is -0.192. The SMILES string of the molecule is CC(C)(C)OC(=O)N1C(=O)CCC[C@@H]1C(F)(F)F. The summed E-state index contributed by atoms with van der Waals surface area (Å²) in [6, 6.07) is -2.08. The highest BCUT2D eigenvalue weighted by Gasteiger charge is 2.50. The summed E-state index contributed by atoms with van der Waals surface area (Å²) in [7, 11) is 0. The molecule has 0 aliphatic carbocycles. The summed E-state index contributed by atoms with van der Waals surface area (Å²) in [4.78, 5) is 23.4. The van der Waals surface area contributed by atoms with Gasteiger partial charge in [0.25, 0.3) is 0 Å². The van der Waals surface area contributed by atoms with Gasteiger partial charge in [0.2, 0.25) is 5.91 Å². The molecule has 1 atom stereocenters. The van der Waals surface area contributed by atoms with Gasteiger partial charge in [-0.1, -0.05) is 0 Å². The Morgan fingerprint density at radius 1 is 1.33 bits per heavy atom. The molecule has 0 bridgehead atoms. The minimum atomic E-state index is -4.62. The van der Waals surface area contributed by atoms with Crippen molar-refractivity contribution in [3.8, 4) is 0 Å². The number of imide groups is 1. The first-order valence-corrected chi connectivity index (χ1v) is 5.64. The second-order valence-corrected chi connectivity index (χ2v) is 5.19. The van der Waals surface area contributed by atoms with E-state index in [4.69, 9.17) is 4.74 Å². The summed E-state index contributed by atoms with van der Waals surface area (Å²) < 4.78 is 43.1. The van der Waals surface area contributed by atoms with Gasteiger partial charge in [-0.3, -0.25) is 4.79 Å². The van der Waals surface area contributed by atoms with Crippen molar-refractivity contribution in [1.29, 1.82) is 0 Å². The van der Waals surface area contributed by atoms with E-state index in [1.165, 1.54) is 20.8 Å². The highest BCUT2D eigenvalue weighted by atomic mass is 19.4. The first kappa shape index (κ1) is 14.8. The molecule has 1 aliphatic heterocycles. The third kappa shape index (κ3) is 3.61. The Hall–Kier alpha value is -1.27. The van der Waals surface area contributed by atoms with E-state index >= 15 is 0 Å². The van der Waals surface area contributed by atoms with Gasteiger partial charge < -0.3 is 4.74 Å². The summed E-state index contributed by atoms with van der Waals surface area (Å²) in [5, 5.41) is 0. The van der Waals surface area contributed by atoms with E-state index in [0.717, 1.165) is 0 Å². The molecule has 1 fully saturated rings. The van der Waals surface area contributed by atoms with E-state index in [2.05, 4.69) is 0 Å². The van der Waals surface area contributed by atoms with Gasteiger partial charge in [0.05, 0.1) is 0 Å². The average Bonchev–Trinajstić information content (AvgIpc) is 2.12. The van der Waals surface area contributed by atoms with Crippen LogP contribution in [-0.4, -0.2) is 34.7 Å². The summed E-state index contributed by atoms with van der Waals surface area (Å²) in [6.07, 6.45) is -6.05. The van der Waals surface area contributed by atoms with Crippen molar-refractivity contribution in [1.82, 2.24) is 4.90 Å². The van der Waals surface area contributed by atoms with Gasteiger partial charge >= 0.3 is 12.3 Å². The molecule has 0 N–H and O–H groups in total. The highest BCUT2D eigenvalue weighted by Crippen LogP contribution is 2.33. The average molecular weight is 267 g/mol. The van der Waals surface area contributed by atoms with Crippen molar-refractivity contribution in [2.75, 3.05) is 0 Å². The van der Waals surface area contributed by atoms with E-state index in [1.54, 1.807) is 0 Å². The lowest BCUT2D eigenvalue weighted by Crippen LogP contribution is -2.55. The lowest BCUT2D eigenvalue weighted by atomic mass is 10.0. The fourth-order valence-electron chi connectivity index (χ4n) is 1.72. The number of likely N-dealkylation sites (tertiary alicyclic amines) is 1. The molecule has 18 heavy (non-hydrogen) atoms. The van der Waals surface area contributed by atoms with Crippen molar-refractivity contribution < 1.29 is 27.5 Å². The lowest BCUT2D eigenvalue weighted by Gasteiger charge is -2.35. The molecule has 2 amide bonds. The maximum absolute atomic E-state index is 12.8. The zero-order chi connectivity index (χ0) is 14.1. The number of ether oxygens (including phenoxy) is 1. The Kier molecular flexibility index (Phi) is 3.92. The van der Waals surface area contributed by atoms with Gasteiger partial charge in [0.15, 0.2) is 0 Å². The van der Waals surface area contributed by atoms with Gasteiger partial charge in [0, 0.05) is 6.42 Å². The van der Waals surface area contributed by atoms with E-state index in [1.807, 2.05) is 0 Å². The Labute approximate surface area is 103 Å². The Morgan fingerprint density at radius 3 is 2.33 bits per heavy atom. The molecule has 0 unspecified atom stereocenters. The van der Waals surface area contributed by atoms with Crippen molar-refractivity contribution in [3.63, 3.8) is 0 Å². The number of halogens is 3. The van der Waals surface area contributed by atoms with E-state index in [0.29, 0.717) is 0 Å². The largest absolute Gasteiger partial charge is 0.443 e. The molecule has 104 valence electrons. The number of nitrogens with zero attached hydrogens (tertiary/aromatic N) is 1. The van der Waals surface area contributed by atoms with Crippen molar-refractivity contribution >= 4 is 12.0 Å². The molecule has 4 nitrogen and oxygen atoms in total. The maximum Gasteiger partial charge on any atom is 0.417 e. The molecule has 0 aromatic rings. The minimum absolute atomic E-state index is 0.0637. The first-order chi connectivity index (χ1) is 8.02. The van der Waals surface area contributed by atoms with Crippen LogP contribution in [0.4, 0.5) is 18.0 Å². The van der Waals surface area contributed by atoms with Crippen LogP contribution >= 0.6 is 0 Å². The Morgan fingerprint density at radius 2 is 1.89 bits per heavy atom. The molecule has 1 aliphatic rings. The topological polar surface area (TPSA) is 46.6 Å². The number of alkyl halides is 3. The maximum atomic E-state index is 12.8. The normalized spacial score (nSPS) is 22.0. The molecular formula is C11H16F3NO3. The summed E-state index contributed by atoms with van der Waals surface area (Å²) >= 11 is 0. The molecule has 0 spiro atoms. The second-order valence-electron chi connectivity index (χ2n) is 5.19. The van der Waals surface area contributed by atoms with Crippen LogP contribution in [0.3, 0.4) is 0 Å². The molecule has 0 aromatic carbocycles. The van der Waals surface area contributed by atoms with Gasteiger partial charge in [-0.25, -0.2) is 9.69 Å². The second kappa shape index (κ2) is 4.78. The number of piperidine rings is 1. The van der Waals surface area contributed by atoms with Crippen LogP contribution in [0.15, 0.2) is 0 Å². The van der Waals surface area contributed by atoms with E-state index in [9.17, 15) is 22.8 Å². The zero-order valence-corrected chi connectivity index (χ0v) is 10.5. The number of rotatable bonds is 0. The van der Waals surface area contributed by atoms with Crippen LogP contribution < -0.4 is 0 Å². The smallest absolute Gasteiger partial charge is 0.417 e. The van der Waals surface area contributed by atoms with Crippen LogP contribution in [0.25, 0.3) is 0 Å². The predicted molar refractivity (Wildman–Crippen MR) is 56.8 cm³/mol. The van der Waals surface area contributed by atoms with Gasteiger partial charge in [-0.05, 0) is 33.6 Å². The highest BCUT2D eigenvalue weighted by molar-refractivity contribution is 5.93. The Bertz CT molecular complexity index is 346. The number of carbonyl (C=O) groups excluding carboxylic acids is 2. The third-order valence-corrected chi connectivity index (χ3v) is 2.42. The van der Waals surface area contributed by atoms with Crippen LogP contribution in [0.1, 0.15) is 40.0 Å². The van der Waals surface area contributed by atoms with Crippen molar-refractivity contribution in [2.45, 2.75) is 57.9 Å². The zero-order valence-electron chi connectivity index (χ0n) is 10.5. The summed E-state index contributed by atoms with van der Waals surface area (Å²) in [5.41, 5.74) is -0.940. The van der Waals surface area contributed by atoms with Crippen molar-refractivity contribution in [3.05, 3.63) is 0 Å². The van der Waals surface area contributed by atoms with Crippen LogP contribution in [0.2, 0.25) is 0 Å². The van der Waals surface area contributed by atoms with Gasteiger partial charge in [-0.2, -0.15) is 13.2 Å². The third-order valence-electron chi connectivity index (χ3n) is 2.42. The number of amides is 2. The predicted octanol–water partition coefficient (Wildman–Crippen LogP) is 2.86. The fourth-order valence-corrected chi connectivity index (χ4v) is 1.72. The molecule has 0 saturated carbocycles. The minimum Gasteiger partial charge on any atom is -0.443 e.